The van der Waals surface area contributed by atoms with Crippen molar-refractivity contribution < 1.29 is 39.3 Å². The van der Waals surface area contributed by atoms with Crippen LogP contribution in [0.15, 0.2) is 60.7 Å². The van der Waals surface area contributed by atoms with Gasteiger partial charge in [0.25, 0.3) is 0 Å². The average molecular weight is 480 g/mol. The molecule has 2 aromatic carbocycles. The van der Waals surface area contributed by atoms with Crippen molar-refractivity contribution in [2.45, 2.75) is 8.35 Å². The van der Waals surface area contributed by atoms with Crippen LogP contribution >= 0.6 is 17.2 Å². The minimum absolute atomic E-state index is 0. The molecule has 2 rings (SSSR count). The van der Waals surface area contributed by atoms with Crippen LogP contribution in [0.5, 0.6) is 0 Å². The molecule has 0 aliphatic heterocycles. The van der Waals surface area contributed by atoms with E-state index in [0.29, 0.717) is 0 Å². The Morgan fingerprint density at radius 1 is 0.667 bits per heavy atom. The minimum Gasteiger partial charge on any atom is 0 e. The van der Waals surface area contributed by atoms with Crippen LogP contribution in [0.4, 0.5) is 0 Å². The zero-order valence-electron chi connectivity index (χ0n) is 9.94. The van der Waals surface area contributed by atoms with E-state index < -0.39 is 17.6 Å². The van der Waals surface area contributed by atoms with Gasteiger partial charge in [-0.2, -0.15) is 0 Å². The van der Waals surface area contributed by atoms with Crippen LogP contribution in [0.25, 0.3) is 0 Å². The SMILES string of the molecule is [Cl][Hf]([Cl])([CH2]c1ccccc1)[CH2]c1ccccc1.[Ti]. The van der Waals surface area contributed by atoms with Gasteiger partial charge < -0.3 is 0 Å². The summed E-state index contributed by atoms with van der Waals surface area (Å²) >= 11 is -3.14. The quantitative estimate of drug-likeness (QED) is 0.551. The summed E-state index contributed by atoms with van der Waals surface area (Å²) in [5.74, 6) is 0. The first kappa shape index (κ1) is 16.7. The van der Waals surface area contributed by atoms with Gasteiger partial charge in [-0.05, 0) is 0 Å². The Morgan fingerprint density at radius 2 is 1.00 bits per heavy atom. The number of hydrogen-bond donors (Lipinski definition) is 0. The minimum atomic E-state index is -3.14. The number of rotatable bonds is 4. The van der Waals surface area contributed by atoms with Crippen LogP contribution < -0.4 is 0 Å². The summed E-state index contributed by atoms with van der Waals surface area (Å²) in [4.78, 5) is 0. The molecule has 0 heterocycles. The monoisotopic (exact) mass is 480 g/mol. The summed E-state index contributed by atoms with van der Waals surface area (Å²) in [6.45, 7) is 0. The Bertz CT molecular complexity index is 416. The fourth-order valence-electron chi connectivity index (χ4n) is 1.85. The molecule has 0 bridgehead atoms. The maximum Gasteiger partial charge on any atom is 0 e. The summed E-state index contributed by atoms with van der Waals surface area (Å²) < 4.78 is 1.76. The van der Waals surface area contributed by atoms with Crippen molar-refractivity contribution >= 4 is 17.2 Å². The van der Waals surface area contributed by atoms with Crippen molar-refractivity contribution in [2.24, 2.45) is 0 Å². The molecule has 0 fully saturated rings. The second-order valence-corrected chi connectivity index (χ2v) is 26.3. The van der Waals surface area contributed by atoms with Crippen molar-refractivity contribution in [3.05, 3.63) is 71.8 Å². The first-order chi connectivity index (χ1) is 8.16. The molecular weight excluding hydrogens is 465 g/mol. The molecule has 0 radical (unpaired) electrons. The molecular formula is C14H14Cl2HfTi. The summed E-state index contributed by atoms with van der Waals surface area (Å²) in [5.41, 5.74) is 2.52. The van der Waals surface area contributed by atoms with E-state index in [2.05, 4.69) is 24.3 Å². The predicted molar refractivity (Wildman–Crippen MR) is 72.0 cm³/mol. The van der Waals surface area contributed by atoms with Crippen LogP contribution in [0.3, 0.4) is 0 Å². The second kappa shape index (κ2) is 8.02. The van der Waals surface area contributed by atoms with Gasteiger partial charge in [0.1, 0.15) is 0 Å². The van der Waals surface area contributed by atoms with Gasteiger partial charge in [0, 0.05) is 21.7 Å². The molecule has 18 heavy (non-hydrogen) atoms. The van der Waals surface area contributed by atoms with E-state index in [0.717, 1.165) is 8.35 Å². The maximum atomic E-state index is 6.59. The van der Waals surface area contributed by atoms with Crippen LogP contribution in [0, 0.1) is 0 Å². The van der Waals surface area contributed by atoms with Gasteiger partial charge in [-0.3, -0.25) is 0 Å². The maximum absolute atomic E-state index is 6.59. The molecule has 0 N–H and O–H groups in total. The van der Waals surface area contributed by atoms with E-state index in [1.54, 1.807) is 0 Å². The number of halogens is 2. The Hall–Kier alpha value is 0.604. The Balaban J connectivity index is 0.00000162. The summed E-state index contributed by atoms with van der Waals surface area (Å²) in [6, 6.07) is 20.6. The van der Waals surface area contributed by atoms with Crippen LogP contribution in [0.2, 0.25) is 0 Å². The third-order valence-electron chi connectivity index (χ3n) is 2.61. The van der Waals surface area contributed by atoms with Crippen LogP contribution in [-0.4, -0.2) is 0 Å². The standard InChI is InChI=1S/2C7H7.2ClH.Hf.Ti/c2*1-7-5-3-2-4-6-7;;;;/h2*2-6H,1H2;2*1H;;/q;;;;+2;/p-2. The topological polar surface area (TPSA) is 0 Å². The van der Waals surface area contributed by atoms with Gasteiger partial charge in [-0.1, -0.05) is 0 Å². The molecule has 0 aliphatic carbocycles. The Kier molecular flexibility index (Phi) is 7.42. The zero-order chi connectivity index (χ0) is 12.1. The molecule has 0 atom stereocenters. The molecule has 92 valence electrons. The van der Waals surface area contributed by atoms with E-state index in [4.69, 9.17) is 17.2 Å². The van der Waals surface area contributed by atoms with Crippen molar-refractivity contribution in [1.82, 2.24) is 0 Å². The van der Waals surface area contributed by atoms with Crippen LogP contribution in [-0.2, 0) is 47.7 Å². The Morgan fingerprint density at radius 3 is 1.33 bits per heavy atom. The largest absolute Gasteiger partial charge is 0 e. The predicted octanol–water partition coefficient (Wildman–Crippen LogP) is 4.85. The summed E-state index contributed by atoms with van der Waals surface area (Å²) in [5, 5.41) is 0. The summed E-state index contributed by atoms with van der Waals surface area (Å²) in [6.07, 6.45) is 0. The third kappa shape index (κ3) is 5.71. The molecule has 0 aromatic heterocycles. The van der Waals surface area contributed by atoms with Gasteiger partial charge in [-0.25, -0.2) is 0 Å². The normalized spacial score (nSPS) is 10.8. The molecule has 2 aromatic rings. The third-order valence-corrected chi connectivity index (χ3v) is 13.6. The first-order valence-corrected chi connectivity index (χ1v) is 19.6. The van der Waals surface area contributed by atoms with Gasteiger partial charge in [0.05, 0.1) is 0 Å². The summed E-state index contributed by atoms with van der Waals surface area (Å²) in [7, 11) is 13.2. The smallest absolute Gasteiger partial charge is 0 e. The van der Waals surface area contributed by atoms with E-state index in [-0.39, 0.29) is 21.7 Å². The van der Waals surface area contributed by atoms with Gasteiger partial charge in [-0.15, -0.1) is 0 Å². The van der Waals surface area contributed by atoms with Gasteiger partial charge >= 0.3 is 115 Å². The molecule has 0 spiro atoms. The van der Waals surface area contributed by atoms with Gasteiger partial charge in [0.2, 0.25) is 0 Å². The van der Waals surface area contributed by atoms with E-state index in [1.807, 2.05) is 36.4 Å². The zero-order valence-corrected chi connectivity index (χ0v) is 16.6. The van der Waals surface area contributed by atoms with E-state index >= 15 is 0 Å². The van der Waals surface area contributed by atoms with Crippen molar-refractivity contribution in [2.75, 3.05) is 0 Å². The number of benzene rings is 2. The molecule has 0 nitrogen and oxygen atoms in total. The molecule has 4 heteroatoms. The van der Waals surface area contributed by atoms with Crippen LogP contribution in [0.1, 0.15) is 11.1 Å². The second-order valence-electron chi connectivity index (χ2n) is 4.18. The molecule has 0 amide bonds. The van der Waals surface area contributed by atoms with Crippen molar-refractivity contribution in [1.29, 1.82) is 0 Å². The molecule has 0 saturated carbocycles. The average Bonchev–Trinajstić information content (AvgIpc) is 2.30. The number of hydrogen-bond acceptors (Lipinski definition) is 0. The molecule has 0 aliphatic rings. The van der Waals surface area contributed by atoms with Crippen molar-refractivity contribution in [3.8, 4) is 0 Å². The fraction of sp³-hybridized carbons (Fsp3) is 0.143. The first-order valence-electron chi connectivity index (χ1n) is 5.61. The van der Waals surface area contributed by atoms with Crippen molar-refractivity contribution in [3.63, 3.8) is 0 Å². The Labute approximate surface area is 135 Å². The molecule has 0 unspecified atom stereocenters. The molecule has 0 saturated heterocycles. The van der Waals surface area contributed by atoms with E-state index in [9.17, 15) is 0 Å². The fourth-order valence-corrected chi connectivity index (χ4v) is 13.3. The van der Waals surface area contributed by atoms with Gasteiger partial charge in [0.15, 0.2) is 0 Å². The van der Waals surface area contributed by atoms with E-state index in [1.165, 1.54) is 11.1 Å².